The normalized spacial score (nSPS) is 17.8. The van der Waals surface area contributed by atoms with Gasteiger partial charge >= 0.3 is 0 Å². The summed E-state index contributed by atoms with van der Waals surface area (Å²) in [5, 5.41) is 7.63. The van der Waals surface area contributed by atoms with E-state index in [2.05, 4.69) is 77.0 Å². The molecule has 24 heavy (non-hydrogen) atoms. The Morgan fingerprint density at radius 1 is 1.29 bits per heavy atom. The Kier molecular flexibility index (Phi) is 4.81. The van der Waals surface area contributed by atoms with Crippen LogP contribution >= 0.6 is 0 Å². The number of hydrogen-bond donors (Lipinski definition) is 2. The first-order chi connectivity index (χ1) is 11.5. The van der Waals surface area contributed by atoms with Crippen LogP contribution in [0.1, 0.15) is 38.3 Å². The van der Waals surface area contributed by atoms with E-state index in [1.165, 1.54) is 5.56 Å². The zero-order chi connectivity index (χ0) is 17.1. The first kappa shape index (κ1) is 16.5. The number of amides is 1. The van der Waals surface area contributed by atoms with Gasteiger partial charge in [-0.05, 0) is 29.3 Å². The Morgan fingerprint density at radius 2 is 2.04 bits per heavy atom. The third-order valence-electron chi connectivity index (χ3n) is 4.19. The van der Waals surface area contributed by atoms with Crippen molar-refractivity contribution in [3.05, 3.63) is 53.9 Å². The van der Waals surface area contributed by atoms with Crippen LogP contribution in [0.4, 0.5) is 0 Å². The summed E-state index contributed by atoms with van der Waals surface area (Å²) in [5.41, 5.74) is 6.94. The van der Waals surface area contributed by atoms with Crippen LogP contribution < -0.4 is 10.7 Å². The Labute approximate surface area is 142 Å². The quantitative estimate of drug-likeness (QED) is 0.888. The summed E-state index contributed by atoms with van der Waals surface area (Å²) < 4.78 is 2.12. The van der Waals surface area contributed by atoms with Crippen molar-refractivity contribution in [2.75, 3.05) is 0 Å². The lowest BCUT2D eigenvalue weighted by atomic mass is 9.94. The molecule has 126 valence electrons. The molecular formula is C19H24N4O. The molecule has 1 aliphatic heterocycles. The molecule has 1 aliphatic rings. The van der Waals surface area contributed by atoms with E-state index in [-0.39, 0.29) is 11.8 Å². The minimum atomic E-state index is -0.0160. The smallest absolute Gasteiger partial charge is 0.240 e. The second kappa shape index (κ2) is 7.01. The van der Waals surface area contributed by atoms with Crippen molar-refractivity contribution in [2.24, 2.45) is 11.0 Å². The summed E-state index contributed by atoms with van der Waals surface area (Å²) >= 11 is 0. The van der Waals surface area contributed by atoms with Gasteiger partial charge in [-0.1, -0.05) is 32.9 Å². The molecule has 3 rings (SSSR count). The predicted octanol–water partition coefficient (Wildman–Crippen LogP) is 2.84. The van der Waals surface area contributed by atoms with Gasteiger partial charge in [-0.25, -0.2) is 5.43 Å². The number of hydrogen-bond acceptors (Lipinski definition) is 3. The highest BCUT2D eigenvalue weighted by Crippen LogP contribution is 2.18. The Hall–Kier alpha value is -2.40. The molecule has 1 aromatic carbocycles. The van der Waals surface area contributed by atoms with Gasteiger partial charge in [0.05, 0.1) is 5.71 Å². The van der Waals surface area contributed by atoms with Crippen molar-refractivity contribution in [3.63, 3.8) is 0 Å². The van der Waals surface area contributed by atoms with Crippen molar-refractivity contribution >= 4 is 11.6 Å². The lowest BCUT2D eigenvalue weighted by Crippen LogP contribution is -2.31. The van der Waals surface area contributed by atoms with E-state index in [0.717, 1.165) is 23.5 Å². The van der Waals surface area contributed by atoms with Gasteiger partial charge in [0.15, 0.2) is 0 Å². The van der Waals surface area contributed by atoms with Crippen LogP contribution in [0.2, 0.25) is 0 Å². The Morgan fingerprint density at radius 3 is 2.71 bits per heavy atom. The number of carbonyl (C=O) groups is 1. The molecule has 5 nitrogen and oxygen atoms in total. The predicted molar refractivity (Wildman–Crippen MR) is 96.2 cm³/mol. The fraction of sp³-hybridized carbons (Fsp3) is 0.368. The highest BCUT2D eigenvalue weighted by Gasteiger charge is 2.21. The van der Waals surface area contributed by atoms with Gasteiger partial charge in [0, 0.05) is 43.0 Å². The molecule has 1 aromatic heterocycles. The fourth-order valence-corrected chi connectivity index (χ4v) is 2.83. The molecule has 0 saturated heterocycles. The largest absolute Gasteiger partial charge is 0.324 e. The van der Waals surface area contributed by atoms with Crippen molar-refractivity contribution in [2.45, 2.75) is 39.8 Å². The molecule has 0 fully saturated rings. The molecule has 5 heteroatoms. The van der Waals surface area contributed by atoms with E-state index in [4.69, 9.17) is 0 Å². The van der Waals surface area contributed by atoms with E-state index < -0.39 is 0 Å². The molecular weight excluding hydrogens is 300 g/mol. The second-order valence-corrected chi connectivity index (χ2v) is 6.65. The number of aromatic nitrogens is 1. The molecule has 0 aliphatic carbocycles. The molecule has 1 unspecified atom stereocenters. The number of hydrazone groups is 1. The van der Waals surface area contributed by atoms with Crippen molar-refractivity contribution in [1.29, 1.82) is 0 Å². The number of benzene rings is 1. The number of nitrogens with one attached hydrogen (secondary N) is 2. The van der Waals surface area contributed by atoms with E-state index in [1.54, 1.807) is 0 Å². The maximum atomic E-state index is 11.4. The molecule has 0 bridgehead atoms. The van der Waals surface area contributed by atoms with E-state index in [9.17, 15) is 4.79 Å². The number of rotatable bonds is 5. The Balaban J connectivity index is 1.74. The average Bonchev–Trinajstić information content (AvgIpc) is 3.02. The van der Waals surface area contributed by atoms with Gasteiger partial charge in [-0.15, -0.1) is 0 Å². The molecule has 0 radical (unpaired) electrons. The summed E-state index contributed by atoms with van der Waals surface area (Å²) in [7, 11) is 0. The molecule has 1 amide bonds. The lowest BCUT2D eigenvalue weighted by Gasteiger charge is -2.19. The van der Waals surface area contributed by atoms with E-state index >= 15 is 0 Å². The monoisotopic (exact) mass is 324 g/mol. The van der Waals surface area contributed by atoms with Gasteiger partial charge in [0.2, 0.25) is 5.91 Å². The van der Waals surface area contributed by atoms with Gasteiger partial charge in [0.1, 0.15) is 0 Å². The molecule has 2 aromatic rings. The molecule has 2 heterocycles. The van der Waals surface area contributed by atoms with Gasteiger partial charge in [0.25, 0.3) is 0 Å². The van der Waals surface area contributed by atoms with Crippen LogP contribution in [0.3, 0.4) is 0 Å². The lowest BCUT2D eigenvalue weighted by molar-refractivity contribution is -0.121. The molecule has 0 saturated carbocycles. The molecule has 2 N–H and O–H groups in total. The van der Waals surface area contributed by atoms with E-state index in [0.29, 0.717) is 12.5 Å². The number of nitrogens with zero attached hydrogens (tertiary/aromatic N) is 2. The van der Waals surface area contributed by atoms with Crippen molar-refractivity contribution < 1.29 is 4.79 Å². The van der Waals surface area contributed by atoms with Crippen molar-refractivity contribution in [1.82, 2.24) is 15.3 Å². The van der Waals surface area contributed by atoms with Crippen LogP contribution in [-0.2, 0) is 11.3 Å². The average molecular weight is 324 g/mol. The van der Waals surface area contributed by atoms with Gasteiger partial charge in [-0.3, -0.25) is 4.79 Å². The van der Waals surface area contributed by atoms with Crippen LogP contribution in [0.15, 0.2) is 47.8 Å². The fourth-order valence-electron chi connectivity index (χ4n) is 2.83. The van der Waals surface area contributed by atoms with Gasteiger partial charge in [-0.2, -0.15) is 5.10 Å². The Bertz CT molecular complexity index is 743. The first-order valence-corrected chi connectivity index (χ1v) is 8.40. The highest BCUT2D eigenvalue weighted by molar-refractivity contribution is 6.05. The topological polar surface area (TPSA) is 58.4 Å². The maximum Gasteiger partial charge on any atom is 0.240 e. The zero-order valence-electron chi connectivity index (χ0n) is 14.4. The SMILES string of the molecule is CC(C)NCc1ccn(-c2ccc(C3=NNC(=O)CC3C)cc2)c1. The second-order valence-electron chi connectivity index (χ2n) is 6.65. The summed E-state index contributed by atoms with van der Waals surface area (Å²) in [5.74, 6) is 0.127. The maximum absolute atomic E-state index is 11.4. The third kappa shape index (κ3) is 3.74. The minimum Gasteiger partial charge on any atom is -0.324 e. The molecule has 0 spiro atoms. The number of carbonyl (C=O) groups excluding carboxylic acids is 1. The van der Waals surface area contributed by atoms with Crippen LogP contribution in [0.25, 0.3) is 5.69 Å². The third-order valence-corrected chi connectivity index (χ3v) is 4.19. The van der Waals surface area contributed by atoms with Gasteiger partial charge < -0.3 is 9.88 Å². The highest BCUT2D eigenvalue weighted by atomic mass is 16.2. The zero-order valence-corrected chi connectivity index (χ0v) is 14.4. The standard InChI is InChI=1S/C19H24N4O/c1-13(2)20-11-15-8-9-23(12-15)17-6-4-16(5-7-17)19-14(3)10-18(24)21-22-19/h4-9,12-14,20H,10-11H2,1-3H3,(H,21,24). The van der Waals surface area contributed by atoms with Crippen LogP contribution in [0, 0.1) is 5.92 Å². The summed E-state index contributed by atoms with van der Waals surface area (Å²) in [6, 6.07) is 10.9. The van der Waals surface area contributed by atoms with E-state index in [1.807, 2.05) is 6.92 Å². The van der Waals surface area contributed by atoms with Crippen molar-refractivity contribution in [3.8, 4) is 5.69 Å². The summed E-state index contributed by atoms with van der Waals surface area (Å²) in [4.78, 5) is 11.4. The minimum absolute atomic E-state index is 0.0160. The first-order valence-electron chi connectivity index (χ1n) is 8.40. The summed E-state index contributed by atoms with van der Waals surface area (Å²) in [6.45, 7) is 7.20. The van der Waals surface area contributed by atoms with Crippen LogP contribution in [-0.4, -0.2) is 22.2 Å². The summed E-state index contributed by atoms with van der Waals surface area (Å²) in [6.07, 6.45) is 4.71. The van der Waals surface area contributed by atoms with Crippen LogP contribution in [0.5, 0.6) is 0 Å². The molecule has 1 atom stereocenters.